The minimum atomic E-state index is 0.578. The van der Waals surface area contributed by atoms with Crippen molar-refractivity contribution in [1.82, 2.24) is 10.1 Å². The number of rotatable bonds is 3. The van der Waals surface area contributed by atoms with Gasteiger partial charge in [0.25, 0.3) is 0 Å². The molecule has 2 aromatic heterocycles. The molecule has 0 amide bonds. The van der Waals surface area contributed by atoms with Crippen molar-refractivity contribution in [3.8, 4) is 0 Å². The molecule has 18 heavy (non-hydrogen) atoms. The van der Waals surface area contributed by atoms with Crippen molar-refractivity contribution in [3.05, 3.63) is 40.7 Å². The maximum Gasteiger partial charge on any atom is 0.184 e. The van der Waals surface area contributed by atoms with Gasteiger partial charge >= 0.3 is 0 Å². The lowest BCUT2D eigenvalue weighted by Crippen LogP contribution is -1.96. The molecule has 0 fully saturated rings. The fraction of sp³-hybridized carbons (Fsp3) is 0.167. The Labute approximate surface area is 113 Å². The lowest BCUT2D eigenvalue weighted by Gasteiger charge is -1.96. The SMILES string of the molecule is Cc1cc(CNc2nc3ccc(Cl)cc3s2)on1. The minimum absolute atomic E-state index is 0.578. The molecule has 92 valence electrons. The summed E-state index contributed by atoms with van der Waals surface area (Å²) in [6, 6.07) is 7.57. The molecule has 0 unspecified atom stereocenters. The molecule has 0 spiro atoms. The van der Waals surface area contributed by atoms with E-state index in [1.165, 1.54) is 0 Å². The maximum atomic E-state index is 5.94. The molecule has 0 saturated carbocycles. The average Bonchev–Trinajstić information content (AvgIpc) is 2.92. The Morgan fingerprint density at radius 3 is 3.06 bits per heavy atom. The molecule has 2 heterocycles. The Hall–Kier alpha value is -1.59. The zero-order valence-corrected chi connectivity index (χ0v) is 11.2. The molecule has 6 heteroatoms. The number of hydrogen-bond acceptors (Lipinski definition) is 5. The van der Waals surface area contributed by atoms with Crippen LogP contribution in [0.25, 0.3) is 10.2 Å². The highest BCUT2D eigenvalue weighted by molar-refractivity contribution is 7.22. The van der Waals surface area contributed by atoms with Crippen LogP contribution in [0, 0.1) is 6.92 Å². The van der Waals surface area contributed by atoms with Crippen LogP contribution in [0.2, 0.25) is 5.02 Å². The number of hydrogen-bond donors (Lipinski definition) is 1. The standard InChI is InChI=1S/C12H10ClN3OS/c1-7-4-9(17-16-7)6-14-12-15-10-3-2-8(13)5-11(10)18-12/h2-5H,6H2,1H3,(H,14,15). The first kappa shape index (κ1) is 11.5. The summed E-state index contributed by atoms with van der Waals surface area (Å²) in [6.45, 7) is 2.47. The second kappa shape index (κ2) is 4.59. The summed E-state index contributed by atoms with van der Waals surface area (Å²) in [7, 11) is 0. The number of fused-ring (bicyclic) bond motifs is 1. The van der Waals surface area contributed by atoms with Crippen molar-refractivity contribution < 1.29 is 4.52 Å². The third-order valence-electron chi connectivity index (χ3n) is 2.44. The van der Waals surface area contributed by atoms with Gasteiger partial charge in [-0.1, -0.05) is 28.1 Å². The first-order valence-electron chi connectivity index (χ1n) is 5.43. The maximum absolute atomic E-state index is 5.94. The van der Waals surface area contributed by atoms with Crippen LogP contribution in [0.5, 0.6) is 0 Å². The molecule has 1 aromatic carbocycles. The number of benzene rings is 1. The van der Waals surface area contributed by atoms with Gasteiger partial charge in [-0.3, -0.25) is 0 Å². The highest BCUT2D eigenvalue weighted by Crippen LogP contribution is 2.28. The zero-order chi connectivity index (χ0) is 12.5. The molecule has 1 N–H and O–H groups in total. The van der Waals surface area contributed by atoms with Crippen molar-refractivity contribution in [2.24, 2.45) is 0 Å². The Balaban J connectivity index is 1.78. The van der Waals surface area contributed by atoms with E-state index in [0.29, 0.717) is 6.54 Å². The van der Waals surface area contributed by atoms with E-state index < -0.39 is 0 Å². The molecular weight excluding hydrogens is 270 g/mol. The van der Waals surface area contributed by atoms with E-state index in [0.717, 1.165) is 31.8 Å². The summed E-state index contributed by atoms with van der Waals surface area (Å²) in [5.74, 6) is 0.796. The highest BCUT2D eigenvalue weighted by atomic mass is 35.5. The van der Waals surface area contributed by atoms with Crippen LogP contribution in [0.4, 0.5) is 5.13 Å². The first-order valence-corrected chi connectivity index (χ1v) is 6.62. The average molecular weight is 280 g/mol. The number of aryl methyl sites for hydroxylation is 1. The molecule has 0 aliphatic rings. The summed E-state index contributed by atoms with van der Waals surface area (Å²) in [5.41, 5.74) is 1.82. The van der Waals surface area contributed by atoms with E-state index in [4.69, 9.17) is 16.1 Å². The van der Waals surface area contributed by atoms with Gasteiger partial charge in [0.2, 0.25) is 0 Å². The van der Waals surface area contributed by atoms with Gasteiger partial charge in [0.15, 0.2) is 10.9 Å². The molecule has 0 aliphatic heterocycles. The largest absolute Gasteiger partial charge is 0.359 e. The number of nitrogens with one attached hydrogen (secondary N) is 1. The third-order valence-corrected chi connectivity index (χ3v) is 3.65. The number of halogens is 1. The zero-order valence-electron chi connectivity index (χ0n) is 9.61. The Morgan fingerprint density at radius 2 is 2.28 bits per heavy atom. The Kier molecular flexibility index (Phi) is 2.93. The second-order valence-electron chi connectivity index (χ2n) is 3.92. The molecule has 0 saturated heterocycles. The molecule has 3 rings (SSSR count). The Bertz CT molecular complexity index is 692. The molecule has 0 atom stereocenters. The van der Waals surface area contributed by atoms with E-state index in [1.54, 1.807) is 11.3 Å². The van der Waals surface area contributed by atoms with Crippen molar-refractivity contribution in [2.75, 3.05) is 5.32 Å². The second-order valence-corrected chi connectivity index (χ2v) is 5.39. The fourth-order valence-corrected chi connectivity index (χ4v) is 2.77. The van der Waals surface area contributed by atoms with Crippen LogP contribution < -0.4 is 5.32 Å². The molecule has 0 radical (unpaired) electrons. The fourth-order valence-electron chi connectivity index (χ4n) is 1.64. The van der Waals surface area contributed by atoms with Gasteiger partial charge < -0.3 is 9.84 Å². The van der Waals surface area contributed by atoms with Crippen molar-refractivity contribution in [3.63, 3.8) is 0 Å². The smallest absolute Gasteiger partial charge is 0.184 e. The predicted octanol–water partition coefficient (Wildman–Crippen LogP) is 3.86. The number of anilines is 1. The summed E-state index contributed by atoms with van der Waals surface area (Å²) in [6.07, 6.45) is 0. The van der Waals surface area contributed by atoms with Crippen molar-refractivity contribution in [2.45, 2.75) is 13.5 Å². The van der Waals surface area contributed by atoms with Crippen molar-refractivity contribution >= 4 is 38.3 Å². The lowest BCUT2D eigenvalue weighted by molar-refractivity contribution is 0.384. The van der Waals surface area contributed by atoms with E-state index in [1.807, 2.05) is 31.2 Å². The van der Waals surface area contributed by atoms with E-state index >= 15 is 0 Å². The summed E-state index contributed by atoms with van der Waals surface area (Å²) >= 11 is 7.51. The van der Waals surface area contributed by atoms with E-state index in [2.05, 4.69) is 15.5 Å². The van der Waals surface area contributed by atoms with Crippen LogP contribution in [-0.2, 0) is 6.54 Å². The van der Waals surface area contributed by atoms with E-state index in [-0.39, 0.29) is 0 Å². The minimum Gasteiger partial charge on any atom is -0.359 e. The van der Waals surface area contributed by atoms with Crippen LogP contribution in [-0.4, -0.2) is 10.1 Å². The van der Waals surface area contributed by atoms with Crippen LogP contribution in [0.3, 0.4) is 0 Å². The number of aromatic nitrogens is 2. The Morgan fingerprint density at radius 1 is 1.39 bits per heavy atom. The predicted molar refractivity (Wildman–Crippen MR) is 73.2 cm³/mol. The van der Waals surface area contributed by atoms with Gasteiger partial charge in [-0.2, -0.15) is 0 Å². The third kappa shape index (κ3) is 2.32. The first-order chi connectivity index (χ1) is 8.70. The van der Waals surface area contributed by atoms with Gasteiger partial charge in [0.1, 0.15) is 0 Å². The topological polar surface area (TPSA) is 51.0 Å². The van der Waals surface area contributed by atoms with Crippen LogP contribution in [0.1, 0.15) is 11.5 Å². The summed E-state index contributed by atoms with van der Waals surface area (Å²) in [4.78, 5) is 4.46. The summed E-state index contributed by atoms with van der Waals surface area (Å²) < 4.78 is 6.19. The van der Waals surface area contributed by atoms with Crippen LogP contribution in [0.15, 0.2) is 28.8 Å². The lowest BCUT2D eigenvalue weighted by atomic mass is 10.3. The summed E-state index contributed by atoms with van der Waals surface area (Å²) in [5, 5.41) is 8.62. The quantitative estimate of drug-likeness (QED) is 0.791. The van der Waals surface area contributed by atoms with Gasteiger partial charge in [-0.25, -0.2) is 4.98 Å². The molecule has 4 nitrogen and oxygen atoms in total. The normalized spacial score (nSPS) is 11.0. The highest BCUT2D eigenvalue weighted by Gasteiger charge is 2.05. The molecule has 0 aliphatic carbocycles. The molecule has 3 aromatic rings. The van der Waals surface area contributed by atoms with Gasteiger partial charge in [-0.05, 0) is 25.1 Å². The van der Waals surface area contributed by atoms with Gasteiger partial charge in [0, 0.05) is 11.1 Å². The van der Waals surface area contributed by atoms with Gasteiger partial charge in [-0.15, -0.1) is 0 Å². The van der Waals surface area contributed by atoms with Gasteiger partial charge in [0.05, 0.1) is 22.5 Å². The number of nitrogens with zero attached hydrogens (tertiary/aromatic N) is 2. The number of thiazole rings is 1. The molecular formula is C12H10ClN3OS. The molecule has 0 bridgehead atoms. The van der Waals surface area contributed by atoms with Crippen molar-refractivity contribution in [1.29, 1.82) is 0 Å². The monoisotopic (exact) mass is 279 g/mol. The van der Waals surface area contributed by atoms with E-state index in [9.17, 15) is 0 Å². The van der Waals surface area contributed by atoms with Crippen LogP contribution >= 0.6 is 22.9 Å².